The highest BCUT2D eigenvalue weighted by Gasteiger charge is 2.45. The highest BCUT2D eigenvalue weighted by Crippen LogP contribution is 2.33. The third kappa shape index (κ3) is 3.07. The number of rotatable bonds is 5. The summed E-state index contributed by atoms with van der Waals surface area (Å²) in [4.78, 5) is 50.6. The Morgan fingerprint density at radius 1 is 1.07 bits per heavy atom. The van der Waals surface area contributed by atoms with E-state index in [1.54, 1.807) is 12.1 Å². The molecule has 4 aliphatic rings. The number of piperidine rings is 1. The first-order valence-corrected chi connectivity index (χ1v) is 10.3. The Balaban J connectivity index is 1.31. The number of amides is 4. The second-order valence-corrected chi connectivity index (χ2v) is 8.46. The van der Waals surface area contributed by atoms with Gasteiger partial charge in [-0.25, -0.2) is 0 Å². The summed E-state index contributed by atoms with van der Waals surface area (Å²) in [7, 11) is 0. The minimum absolute atomic E-state index is 0.121. The maximum atomic E-state index is 13.1. The lowest BCUT2D eigenvalue weighted by Gasteiger charge is -2.27. The van der Waals surface area contributed by atoms with Gasteiger partial charge < -0.3 is 10.6 Å². The van der Waals surface area contributed by atoms with E-state index >= 15 is 0 Å². The van der Waals surface area contributed by atoms with Crippen LogP contribution in [0.3, 0.4) is 0 Å². The fraction of sp³-hybridized carbons (Fsp3) is 0.524. The Kier molecular flexibility index (Phi) is 4.48. The Bertz CT molecular complexity index is 914. The van der Waals surface area contributed by atoms with Crippen molar-refractivity contribution in [2.75, 3.05) is 6.54 Å². The molecule has 8 heteroatoms. The van der Waals surface area contributed by atoms with Crippen LogP contribution in [0, 0.1) is 5.92 Å². The molecule has 3 N–H and O–H groups in total. The number of hydrogen-bond donors (Lipinski definition) is 3. The van der Waals surface area contributed by atoms with Crippen LogP contribution in [0.4, 0.5) is 0 Å². The van der Waals surface area contributed by atoms with Gasteiger partial charge in [0.15, 0.2) is 0 Å². The number of benzene rings is 1. The van der Waals surface area contributed by atoms with Gasteiger partial charge in [0.2, 0.25) is 11.8 Å². The molecule has 4 amide bonds. The zero-order valence-corrected chi connectivity index (χ0v) is 16.1. The van der Waals surface area contributed by atoms with Crippen LogP contribution in [-0.2, 0) is 16.1 Å². The number of carbonyl (C=O) groups excluding carboxylic acids is 4. The quantitative estimate of drug-likeness (QED) is 0.619. The first-order valence-electron chi connectivity index (χ1n) is 10.3. The Hall–Kier alpha value is -2.58. The maximum Gasteiger partial charge on any atom is 0.262 e. The van der Waals surface area contributed by atoms with Crippen molar-refractivity contribution in [3.05, 3.63) is 34.9 Å². The zero-order chi connectivity index (χ0) is 20.1. The summed E-state index contributed by atoms with van der Waals surface area (Å²) in [5.41, 5.74) is 1.48. The van der Waals surface area contributed by atoms with E-state index in [1.165, 1.54) is 19.3 Å². The Labute approximate surface area is 168 Å². The molecule has 0 aliphatic carbocycles. The molecule has 5 rings (SSSR count). The molecule has 3 saturated heterocycles. The van der Waals surface area contributed by atoms with Crippen LogP contribution in [0.2, 0.25) is 0 Å². The van der Waals surface area contributed by atoms with Gasteiger partial charge in [-0.2, -0.15) is 0 Å². The second kappa shape index (κ2) is 7.03. The highest BCUT2D eigenvalue weighted by atomic mass is 16.2. The lowest BCUT2D eigenvalue weighted by molar-refractivity contribution is -0.136. The molecule has 152 valence electrons. The maximum absolute atomic E-state index is 13.1. The van der Waals surface area contributed by atoms with Crippen molar-refractivity contribution in [1.29, 1.82) is 0 Å². The summed E-state index contributed by atoms with van der Waals surface area (Å²) in [6.07, 6.45) is 3.97. The van der Waals surface area contributed by atoms with Gasteiger partial charge in [0.05, 0.1) is 11.1 Å². The fourth-order valence-electron chi connectivity index (χ4n) is 5.29. The molecule has 4 unspecified atom stereocenters. The monoisotopic (exact) mass is 396 g/mol. The summed E-state index contributed by atoms with van der Waals surface area (Å²) in [5, 5.41) is 9.30. The van der Waals surface area contributed by atoms with E-state index in [0.29, 0.717) is 35.7 Å². The van der Waals surface area contributed by atoms with Crippen molar-refractivity contribution >= 4 is 23.6 Å². The van der Waals surface area contributed by atoms with Crippen LogP contribution in [0.25, 0.3) is 0 Å². The predicted molar refractivity (Wildman–Crippen MR) is 103 cm³/mol. The van der Waals surface area contributed by atoms with E-state index in [-0.39, 0.29) is 18.7 Å². The summed E-state index contributed by atoms with van der Waals surface area (Å²) in [6.45, 7) is 1.37. The summed E-state index contributed by atoms with van der Waals surface area (Å²) in [5.74, 6) is -1.26. The molecule has 4 aliphatic heterocycles. The summed E-state index contributed by atoms with van der Waals surface area (Å²) >= 11 is 0. The lowest BCUT2D eigenvalue weighted by Crippen LogP contribution is -2.54. The van der Waals surface area contributed by atoms with Crippen molar-refractivity contribution in [2.45, 2.75) is 56.8 Å². The zero-order valence-electron chi connectivity index (χ0n) is 16.1. The fourth-order valence-corrected chi connectivity index (χ4v) is 5.29. The van der Waals surface area contributed by atoms with Crippen LogP contribution in [0.5, 0.6) is 0 Å². The standard InChI is InChI=1S/C21H24N4O4/c26-17-7-6-16(19(27)24-17)25-20(28)14-3-1-2-11(18(14)21(25)29)9-22-10-12-8-13-4-5-15(12)23-13/h1-3,12-13,15-16,22-23H,4-10H2,(H,24,26,27). The smallest absolute Gasteiger partial charge is 0.262 e. The van der Waals surface area contributed by atoms with Gasteiger partial charge in [-0.05, 0) is 49.8 Å². The van der Waals surface area contributed by atoms with Crippen molar-refractivity contribution in [1.82, 2.24) is 20.9 Å². The van der Waals surface area contributed by atoms with Crippen molar-refractivity contribution in [2.24, 2.45) is 5.92 Å². The molecule has 0 spiro atoms. The lowest BCUT2D eigenvalue weighted by atomic mass is 9.89. The molecule has 0 radical (unpaired) electrons. The molecule has 8 nitrogen and oxygen atoms in total. The molecule has 29 heavy (non-hydrogen) atoms. The molecule has 4 heterocycles. The number of fused-ring (bicyclic) bond motifs is 3. The molecule has 4 atom stereocenters. The largest absolute Gasteiger partial charge is 0.312 e. The topological polar surface area (TPSA) is 108 Å². The SMILES string of the molecule is O=C1CCC(N2C(=O)c3cccc(CNCC4CC5CCC4N5)c3C2=O)C(=O)N1. The van der Waals surface area contributed by atoms with Crippen LogP contribution in [0.1, 0.15) is 58.4 Å². The Morgan fingerprint density at radius 3 is 2.66 bits per heavy atom. The van der Waals surface area contributed by atoms with Gasteiger partial charge in [0, 0.05) is 25.0 Å². The van der Waals surface area contributed by atoms with E-state index in [2.05, 4.69) is 16.0 Å². The molecular weight excluding hydrogens is 372 g/mol. The number of carbonyl (C=O) groups is 4. The number of imide groups is 2. The van der Waals surface area contributed by atoms with Gasteiger partial charge in [-0.1, -0.05) is 12.1 Å². The number of nitrogens with one attached hydrogen (secondary N) is 3. The minimum Gasteiger partial charge on any atom is -0.312 e. The van der Waals surface area contributed by atoms with Crippen LogP contribution in [-0.4, -0.2) is 53.2 Å². The van der Waals surface area contributed by atoms with Gasteiger partial charge in [0.1, 0.15) is 6.04 Å². The molecule has 3 fully saturated rings. The average Bonchev–Trinajstić information content (AvgIpc) is 3.38. The second-order valence-electron chi connectivity index (χ2n) is 8.46. The molecule has 1 aromatic rings. The van der Waals surface area contributed by atoms with E-state index < -0.39 is 23.8 Å². The predicted octanol–water partition coefficient (Wildman–Crippen LogP) is 0.318. The van der Waals surface area contributed by atoms with E-state index in [9.17, 15) is 19.2 Å². The van der Waals surface area contributed by atoms with Gasteiger partial charge >= 0.3 is 0 Å². The normalized spacial score (nSPS) is 30.8. The van der Waals surface area contributed by atoms with Gasteiger partial charge in [-0.3, -0.25) is 29.4 Å². The average molecular weight is 396 g/mol. The van der Waals surface area contributed by atoms with Crippen molar-refractivity contribution in [3.8, 4) is 0 Å². The van der Waals surface area contributed by atoms with Crippen LogP contribution < -0.4 is 16.0 Å². The van der Waals surface area contributed by atoms with Crippen LogP contribution >= 0.6 is 0 Å². The molecular formula is C21H24N4O4. The first-order chi connectivity index (χ1) is 14.0. The molecule has 1 aromatic carbocycles. The Morgan fingerprint density at radius 2 is 1.93 bits per heavy atom. The van der Waals surface area contributed by atoms with Gasteiger partial charge in [-0.15, -0.1) is 0 Å². The third-order valence-electron chi connectivity index (χ3n) is 6.71. The van der Waals surface area contributed by atoms with Gasteiger partial charge in [0.25, 0.3) is 11.8 Å². The molecule has 0 aromatic heterocycles. The number of hydrogen-bond acceptors (Lipinski definition) is 6. The summed E-state index contributed by atoms with van der Waals surface area (Å²) in [6, 6.07) is 5.55. The van der Waals surface area contributed by atoms with Crippen molar-refractivity contribution in [3.63, 3.8) is 0 Å². The van der Waals surface area contributed by atoms with Crippen LogP contribution in [0.15, 0.2) is 18.2 Å². The van der Waals surface area contributed by atoms with Crippen molar-refractivity contribution < 1.29 is 19.2 Å². The molecule has 0 saturated carbocycles. The van der Waals surface area contributed by atoms with E-state index in [0.717, 1.165) is 17.0 Å². The number of nitrogens with zero attached hydrogens (tertiary/aromatic N) is 1. The molecule has 2 bridgehead atoms. The summed E-state index contributed by atoms with van der Waals surface area (Å²) < 4.78 is 0. The highest BCUT2D eigenvalue weighted by molar-refractivity contribution is 6.24. The minimum atomic E-state index is -0.930. The first kappa shape index (κ1) is 18.4. The van der Waals surface area contributed by atoms with E-state index in [4.69, 9.17) is 0 Å². The van der Waals surface area contributed by atoms with E-state index in [1.807, 2.05) is 6.07 Å². The third-order valence-corrected chi connectivity index (χ3v) is 6.71.